The number of hydrogen-bond acceptors (Lipinski definition) is 3. The Labute approximate surface area is 134 Å². The average Bonchev–Trinajstić information content (AvgIpc) is 2.36. The minimum Gasteiger partial charge on any atom is -0.376 e. The third-order valence-electron chi connectivity index (χ3n) is 3.09. The van der Waals surface area contributed by atoms with Crippen LogP contribution in [-0.2, 0) is 6.18 Å². The highest BCUT2D eigenvalue weighted by Gasteiger charge is 2.31. The van der Waals surface area contributed by atoms with E-state index in [1.54, 1.807) is 0 Å². The fourth-order valence-electron chi connectivity index (χ4n) is 2.02. The van der Waals surface area contributed by atoms with Crippen molar-refractivity contribution < 1.29 is 13.2 Å². The molecule has 8 heteroatoms. The molecule has 0 heterocycles. The standard InChI is InChI=1S/C14H21F3N4S/c1-20(2)7-4-8-21(3)12-6-5-10(14(15,16)17)9-11(12)19-13(18)22/h5-6,9H,4,7-8H2,1-3H3,(H3,18,19,22). The zero-order valence-electron chi connectivity index (χ0n) is 12.9. The predicted molar refractivity (Wildman–Crippen MR) is 88.3 cm³/mol. The first kappa shape index (κ1) is 18.5. The highest BCUT2D eigenvalue weighted by Crippen LogP contribution is 2.35. The van der Waals surface area contributed by atoms with Crippen LogP contribution in [0.25, 0.3) is 0 Å². The number of benzene rings is 1. The molecule has 0 aliphatic carbocycles. The zero-order chi connectivity index (χ0) is 16.9. The molecule has 0 unspecified atom stereocenters. The van der Waals surface area contributed by atoms with Crippen LogP contribution < -0.4 is 16.0 Å². The summed E-state index contributed by atoms with van der Waals surface area (Å²) < 4.78 is 38.5. The molecule has 0 atom stereocenters. The zero-order valence-corrected chi connectivity index (χ0v) is 13.7. The molecule has 0 amide bonds. The second-order valence-electron chi connectivity index (χ2n) is 5.30. The van der Waals surface area contributed by atoms with Crippen LogP contribution in [0.3, 0.4) is 0 Å². The average molecular weight is 334 g/mol. The second-order valence-corrected chi connectivity index (χ2v) is 5.74. The van der Waals surface area contributed by atoms with Gasteiger partial charge in [0.25, 0.3) is 0 Å². The fraction of sp³-hybridized carbons (Fsp3) is 0.500. The number of nitrogens with zero attached hydrogens (tertiary/aromatic N) is 2. The van der Waals surface area contributed by atoms with Gasteiger partial charge in [-0.2, -0.15) is 13.2 Å². The molecule has 0 fully saturated rings. The first-order valence-electron chi connectivity index (χ1n) is 6.75. The van der Waals surface area contributed by atoms with E-state index in [1.807, 2.05) is 26.0 Å². The number of nitrogens with one attached hydrogen (secondary N) is 1. The van der Waals surface area contributed by atoms with Gasteiger partial charge in [-0.3, -0.25) is 0 Å². The SMILES string of the molecule is CN(C)CCCN(C)c1ccc(C(F)(F)F)cc1NC(N)=S. The molecule has 4 nitrogen and oxygen atoms in total. The van der Waals surface area contributed by atoms with Crippen LogP contribution in [0.1, 0.15) is 12.0 Å². The molecule has 0 aliphatic rings. The van der Waals surface area contributed by atoms with Crippen molar-refractivity contribution in [2.75, 3.05) is 44.4 Å². The lowest BCUT2D eigenvalue weighted by atomic mass is 10.1. The molecule has 0 aromatic heterocycles. The van der Waals surface area contributed by atoms with Crippen molar-refractivity contribution in [2.45, 2.75) is 12.6 Å². The number of thiocarbonyl (C=S) groups is 1. The molecule has 0 saturated heterocycles. The van der Waals surface area contributed by atoms with Gasteiger partial charge in [-0.05, 0) is 57.5 Å². The molecule has 1 rings (SSSR count). The van der Waals surface area contributed by atoms with Crippen LogP contribution in [-0.4, -0.2) is 44.2 Å². The Kier molecular flexibility index (Phi) is 6.43. The van der Waals surface area contributed by atoms with E-state index in [9.17, 15) is 13.2 Å². The molecule has 22 heavy (non-hydrogen) atoms. The van der Waals surface area contributed by atoms with Gasteiger partial charge in [0.05, 0.1) is 16.9 Å². The van der Waals surface area contributed by atoms with E-state index in [2.05, 4.69) is 10.2 Å². The topological polar surface area (TPSA) is 44.5 Å². The smallest absolute Gasteiger partial charge is 0.376 e. The van der Waals surface area contributed by atoms with E-state index in [-0.39, 0.29) is 10.8 Å². The number of alkyl halides is 3. The van der Waals surface area contributed by atoms with Gasteiger partial charge in [0.15, 0.2) is 5.11 Å². The number of hydrogen-bond donors (Lipinski definition) is 2. The van der Waals surface area contributed by atoms with Crippen molar-refractivity contribution in [3.63, 3.8) is 0 Å². The molecule has 1 aromatic carbocycles. The highest BCUT2D eigenvalue weighted by molar-refractivity contribution is 7.80. The number of rotatable bonds is 6. The minimum absolute atomic E-state index is 0.0673. The summed E-state index contributed by atoms with van der Waals surface area (Å²) in [4.78, 5) is 3.93. The second kappa shape index (κ2) is 7.64. The Bertz CT molecular complexity index is 517. The van der Waals surface area contributed by atoms with Gasteiger partial charge in [0, 0.05) is 13.6 Å². The van der Waals surface area contributed by atoms with E-state index in [0.29, 0.717) is 12.2 Å². The van der Waals surface area contributed by atoms with Gasteiger partial charge in [-0.15, -0.1) is 0 Å². The lowest BCUT2D eigenvalue weighted by Crippen LogP contribution is -2.26. The third-order valence-corrected chi connectivity index (χ3v) is 3.19. The van der Waals surface area contributed by atoms with Gasteiger partial charge in [-0.25, -0.2) is 0 Å². The summed E-state index contributed by atoms with van der Waals surface area (Å²) in [7, 11) is 5.76. The van der Waals surface area contributed by atoms with Crippen LogP contribution in [0.15, 0.2) is 18.2 Å². The van der Waals surface area contributed by atoms with E-state index in [1.165, 1.54) is 6.07 Å². The highest BCUT2D eigenvalue weighted by atomic mass is 32.1. The largest absolute Gasteiger partial charge is 0.416 e. The molecule has 1 aromatic rings. The lowest BCUT2D eigenvalue weighted by Gasteiger charge is -2.24. The van der Waals surface area contributed by atoms with E-state index in [0.717, 1.165) is 25.1 Å². The number of anilines is 2. The molecule has 0 saturated carbocycles. The normalized spacial score (nSPS) is 11.6. The Morgan fingerprint density at radius 3 is 2.36 bits per heavy atom. The molecule has 0 radical (unpaired) electrons. The van der Waals surface area contributed by atoms with Gasteiger partial charge in [0.1, 0.15) is 0 Å². The molecule has 3 N–H and O–H groups in total. The van der Waals surface area contributed by atoms with Crippen molar-refractivity contribution in [3.05, 3.63) is 23.8 Å². The number of halogens is 3. The Morgan fingerprint density at radius 2 is 1.86 bits per heavy atom. The van der Waals surface area contributed by atoms with Crippen LogP contribution >= 0.6 is 12.2 Å². The van der Waals surface area contributed by atoms with Gasteiger partial charge >= 0.3 is 6.18 Å². The summed E-state index contributed by atoms with van der Waals surface area (Å²) >= 11 is 4.74. The molecular weight excluding hydrogens is 313 g/mol. The molecule has 0 bridgehead atoms. The summed E-state index contributed by atoms with van der Waals surface area (Å²) in [6.07, 6.45) is -3.52. The molecule has 0 aliphatic heterocycles. The molecular formula is C14H21F3N4S. The summed E-state index contributed by atoms with van der Waals surface area (Å²) in [6, 6.07) is 3.51. The van der Waals surface area contributed by atoms with Crippen molar-refractivity contribution in [1.29, 1.82) is 0 Å². The number of nitrogens with two attached hydrogens (primary N) is 1. The van der Waals surface area contributed by atoms with E-state index >= 15 is 0 Å². The maximum Gasteiger partial charge on any atom is 0.416 e. The maximum absolute atomic E-state index is 12.8. The van der Waals surface area contributed by atoms with Gasteiger partial charge < -0.3 is 20.9 Å². The summed E-state index contributed by atoms with van der Waals surface area (Å²) in [6.45, 7) is 1.60. The van der Waals surface area contributed by atoms with Crippen molar-refractivity contribution >= 4 is 28.7 Å². The predicted octanol–water partition coefficient (Wildman–Crippen LogP) is 2.75. The molecule has 124 valence electrons. The summed E-state index contributed by atoms with van der Waals surface area (Å²) in [5.74, 6) is 0. The Balaban J connectivity index is 2.99. The van der Waals surface area contributed by atoms with Crippen molar-refractivity contribution in [1.82, 2.24) is 4.90 Å². The fourth-order valence-corrected chi connectivity index (χ4v) is 2.13. The van der Waals surface area contributed by atoms with Crippen molar-refractivity contribution in [3.8, 4) is 0 Å². The first-order chi connectivity index (χ1) is 10.1. The maximum atomic E-state index is 12.8. The van der Waals surface area contributed by atoms with Crippen molar-refractivity contribution in [2.24, 2.45) is 5.73 Å². The third kappa shape index (κ3) is 5.69. The van der Waals surface area contributed by atoms with Crippen LogP contribution in [0, 0.1) is 0 Å². The Morgan fingerprint density at radius 1 is 1.23 bits per heavy atom. The van der Waals surface area contributed by atoms with Gasteiger partial charge in [-0.1, -0.05) is 0 Å². The van der Waals surface area contributed by atoms with E-state index in [4.69, 9.17) is 18.0 Å². The van der Waals surface area contributed by atoms with Crippen LogP contribution in [0.2, 0.25) is 0 Å². The quantitative estimate of drug-likeness (QED) is 0.783. The molecule has 0 spiro atoms. The van der Waals surface area contributed by atoms with E-state index < -0.39 is 11.7 Å². The monoisotopic (exact) mass is 334 g/mol. The van der Waals surface area contributed by atoms with Gasteiger partial charge in [0.2, 0.25) is 0 Å². The minimum atomic E-state index is -4.41. The summed E-state index contributed by atoms with van der Waals surface area (Å²) in [5.41, 5.74) is 5.55. The van der Waals surface area contributed by atoms with Crippen LogP contribution in [0.4, 0.5) is 24.5 Å². The van der Waals surface area contributed by atoms with Crippen LogP contribution in [0.5, 0.6) is 0 Å². The lowest BCUT2D eigenvalue weighted by molar-refractivity contribution is -0.137. The Hall–Kier alpha value is -1.54. The first-order valence-corrected chi connectivity index (χ1v) is 7.15. The summed E-state index contributed by atoms with van der Waals surface area (Å²) in [5, 5.41) is 2.56.